The monoisotopic (exact) mass is 1070 g/mol. The molecule has 5 N–H and O–H groups in total. The molecular weight excluding hydrogens is 994 g/mol. The molecule has 0 fully saturated rings. The summed E-state index contributed by atoms with van der Waals surface area (Å²) in [6.07, 6.45) is 19.7. The van der Waals surface area contributed by atoms with E-state index in [1.165, 1.54) is 133 Å². The zero-order chi connectivity index (χ0) is 56.4. The van der Waals surface area contributed by atoms with Crippen LogP contribution in [0.5, 0.6) is 0 Å². The maximum Gasteiger partial charge on any atom is 0.416 e. The number of carboxylic acids is 3. The summed E-state index contributed by atoms with van der Waals surface area (Å²) in [6, 6.07) is 23.8. The Bertz CT molecular complexity index is 2400. The van der Waals surface area contributed by atoms with E-state index in [2.05, 4.69) is 24.5 Å². The molecule has 0 aromatic heterocycles. The van der Waals surface area contributed by atoms with Gasteiger partial charge >= 0.3 is 35.9 Å². The minimum Gasteiger partial charge on any atom is -0.480 e. The molecule has 0 saturated carbocycles. The number of carbonyl (C=O) groups is 7. The minimum absolute atomic E-state index is 0.0331. The second-order valence-electron chi connectivity index (χ2n) is 19.3. The van der Waals surface area contributed by atoms with E-state index in [-0.39, 0.29) is 37.0 Å². The Balaban J connectivity index is 0.000000405. The summed E-state index contributed by atoms with van der Waals surface area (Å²) in [5.41, 5.74) is 1.69. The molecule has 0 aliphatic rings. The molecule has 0 radical (unpaired) electrons. The van der Waals surface area contributed by atoms with Crippen molar-refractivity contribution in [1.82, 2.24) is 15.5 Å². The molecule has 420 valence electrons. The molecular formula is C60H79F3N4O10. The molecule has 4 rings (SSSR count). The lowest BCUT2D eigenvalue weighted by molar-refractivity contribution is -0.161. The van der Waals surface area contributed by atoms with Crippen molar-refractivity contribution in [3.8, 4) is 0 Å². The molecule has 77 heavy (non-hydrogen) atoms. The van der Waals surface area contributed by atoms with Gasteiger partial charge in [0, 0.05) is 42.9 Å². The van der Waals surface area contributed by atoms with Crippen LogP contribution in [0.25, 0.3) is 0 Å². The molecule has 0 unspecified atom stereocenters. The number of amides is 4. The molecule has 0 aliphatic carbocycles. The van der Waals surface area contributed by atoms with Gasteiger partial charge in [0.15, 0.2) is 0 Å². The second-order valence-corrected chi connectivity index (χ2v) is 19.3. The predicted octanol–water partition coefficient (Wildman–Crippen LogP) is 12.4. The van der Waals surface area contributed by atoms with Crippen LogP contribution < -0.4 is 15.5 Å². The van der Waals surface area contributed by atoms with Gasteiger partial charge in [-0.05, 0) is 78.1 Å². The molecule has 4 amide bonds. The van der Waals surface area contributed by atoms with E-state index in [9.17, 15) is 62.1 Å². The van der Waals surface area contributed by atoms with Gasteiger partial charge in [-0.25, -0.2) is 14.4 Å². The van der Waals surface area contributed by atoms with Crippen LogP contribution in [0.2, 0.25) is 0 Å². The van der Waals surface area contributed by atoms with Crippen LogP contribution in [-0.4, -0.2) is 80.9 Å². The third-order valence-corrected chi connectivity index (χ3v) is 13.1. The number of anilines is 1. The molecule has 1 atom stereocenters. The first kappa shape index (κ1) is 64.2. The largest absolute Gasteiger partial charge is 0.480 e. The molecule has 0 bridgehead atoms. The molecule has 0 spiro atoms. The average Bonchev–Trinajstić information content (AvgIpc) is 3.42. The Morgan fingerprint density at radius 2 is 0.857 bits per heavy atom. The quantitative estimate of drug-likeness (QED) is 0.0225. The SMILES string of the molecule is CCCCCCCCCCCCNC(=O)c1ccc(CN(C(=O)C(=O)O)[C@H](Cc2ccccc2)C(=O)O)cc1.CCCCCCCCCCCCNC(=O)c1ccc(N(Cc2ccc(C(F)(F)F)cc2)C(=O)C(=O)O)cc1. The van der Waals surface area contributed by atoms with Crippen molar-refractivity contribution < 1.29 is 62.1 Å². The fourth-order valence-corrected chi connectivity index (χ4v) is 8.58. The van der Waals surface area contributed by atoms with Crippen molar-refractivity contribution in [1.29, 1.82) is 0 Å². The summed E-state index contributed by atoms with van der Waals surface area (Å²) in [7, 11) is 0. The number of hydrogen-bond donors (Lipinski definition) is 5. The first-order chi connectivity index (χ1) is 37.0. The number of halogens is 3. The third-order valence-electron chi connectivity index (χ3n) is 13.1. The summed E-state index contributed by atoms with van der Waals surface area (Å²) >= 11 is 0. The molecule has 14 nitrogen and oxygen atoms in total. The zero-order valence-electron chi connectivity index (χ0n) is 44.8. The Kier molecular flexibility index (Phi) is 30.1. The normalized spacial score (nSPS) is 11.4. The maximum absolute atomic E-state index is 12.8. The number of carbonyl (C=O) groups excluding carboxylic acids is 4. The van der Waals surface area contributed by atoms with E-state index in [4.69, 9.17) is 0 Å². The van der Waals surface area contributed by atoms with Gasteiger partial charge in [-0.15, -0.1) is 0 Å². The summed E-state index contributed by atoms with van der Waals surface area (Å²) in [6.45, 7) is 5.12. The Labute approximate surface area is 451 Å². The van der Waals surface area contributed by atoms with Gasteiger partial charge in [-0.1, -0.05) is 184 Å². The summed E-state index contributed by atoms with van der Waals surface area (Å²) in [5.74, 6) is -7.72. The number of benzene rings is 4. The smallest absolute Gasteiger partial charge is 0.416 e. The Morgan fingerprint density at radius 1 is 0.468 bits per heavy atom. The number of carboxylic acid groups (broad SMARTS) is 3. The lowest BCUT2D eigenvalue weighted by Gasteiger charge is -2.28. The van der Waals surface area contributed by atoms with Crippen LogP contribution in [0.4, 0.5) is 18.9 Å². The van der Waals surface area contributed by atoms with Gasteiger partial charge in [-0.2, -0.15) is 13.2 Å². The van der Waals surface area contributed by atoms with E-state index in [1.807, 2.05) is 0 Å². The standard InChI is InChI=1S/C31H42N2O6.C29H37F3N2O4/c1-2-3-4-5-6-7-8-9-10-14-21-32-28(34)26-19-17-25(18-20-26)23-33(29(35)31(38)39)27(30(36)37)22-24-15-12-11-13-16-24;1-2-3-4-5-6-7-8-9-10-11-20-33-26(35)23-14-18-25(19-15-23)34(27(36)28(37)38)21-22-12-16-24(17-13-22)29(30,31)32/h11-13,15-20,27H,2-10,14,21-23H2,1H3,(H,32,34)(H,36,37)(H,38,39);12-19H,2-11,20-21H2,1H3,(H,33,35)(H,37,38)/t27-;/m1./s1. The van der Waals surface area contributed by atoms with Gasteiger partial charge in [0.05, 0.1) is 12.1 Å². The highest BCUT2D eigenvalue weighted by atomic mass is 19.4. The summed E-state index contributed by atoms with van der Waals surface area (Å²) in [5, 5.41) is 34.1. The topological polar surface area (TPSA) is 211 Å². The predicted molar refractivity (Wildman–Crippen MR) is 291 cm³/mol. The van der Waals surface area contributed by atoms with Gasteiger partial charge < -0.3 is 30.9 Å². The summed E-state index contributed by atoms with van der Waals surface area (Å²) in [4.78, 5) is 86.3. The number of aliphatic carboxylic acids is 3. The van der Waals surface area contributed by atoms with Crippen LogP contribution in [0.15, 0.2) is 103 Å². The third kappa shape index (κ3) is 25.1. The first-order valence-electron chi connectivity index (χ1n) is 27.2. The fourth-order valence-electron chi connectivity index (χ4n) is 8.58. The van der Waals surface area contributed by atoms with Crippen molar-refractivity contribution in [2.45, 2.75) is 174 Å². The summed E-state index contributed by atoms with van der Waals surface area (Å²) < 4.78 is 38.4. The molecule has 17 heteroatoms. The number of hydrogen-bond acceptors (Lipinski definition) is 7. The fraction of sp³-hybridized carbons (Fsp3) is 0.483. The van der Waals surface area contributed by atoms with Gasteiger partial charge in [-0.3, -0.25) is 24.1 Å². The van der Waals surface area contributed by atoms with Crippen LogP contribution in [0.3, 0.4) is 0 Å². The molecule has 4 aromatic rings. The average molecular weight is 1070 g/mol. The molecule has 0 heterocycles. The van der Waals surface area contributed by atoms with E-state index in [0.717, 1.165) is 54.0 Å². The highest BCUT2D eigenvalue weighted by Crippen LogP contribution is 2.30. The van der Waals surface area contributed by atoms with Gasteiger partial charge in [0.1, 0.15) is 6.04 Å². The number of nitrogens with zero attached hydrogens (tertiary/aromatic N) is 2. The molecule has 0 saturated heterocycles. The van der Waals surface area contributed by atoms with E-state index >= 15 is 0 Å². The highest BCUT2D eigenvalue weighted by molar-refractivity contribution is 6.37. The minimum atomic E-state index is -4.50. The number of alkyl halides is 3. The lowest BCUT2D eigenvalue weighted by Crippen LogP contribution is -2.48. The van der Waals surface area contributed by atoms with E-state index < -0.39 is 47.5 Å². The van der Waals surface area contributed by atoms with Gasteiger partial charge in [0.2, 0.25) is 0 Å². The highest BCUT2D eigenvalue weighted by Gasteiger charge is 2.34. The van der Waals surface area contributed by atoms with Crippen LogP contribution in [0.1, 0.15) is 185 Å². The Hall–Kier alpha value is -7.04. The van der Waals surface area contributed by atoms with Crippen molar-refractivity contribution in [2.75, 3.05) is 18.0 Å². The number of rotatable bonds is 33. The second kappa shape index (κ2) is 36.1. The lowest BCUT2D eigenvalue weighted by atomic mass is 10.0. The number of nitrogens with one attached hydrogen (secondary N) is 2. The molecule has 4 aromatic carbocycles. The van der Waals surface area contributed by atoms with Crippen LogP contribution in [-0.2, 0) is 49.7 Å². The van der Waals surface area contributed by atoms with Crippen molar-refractivity contribution in [3.63, 3.8) is 0 Å². The van der Waals surface area contributed by atoms with Crippen LogP contribution >= 0.6 is 0 Å². The van der Waals surface area contributed by atoms with Crippen molar-refractivity contribution >= 4 is 47.2 Å². The molecule has 0 aliphatic heterocycles. The van der Waals surface area contributed by atoms with Crippen LogP contribution in [0, 0.1) is 0 Å². The van der Waals surface area contributed by atoms with E-state index in [1.54, 1.807) is 54.6 Å². The first-order valence-corrected chi connectivity index (χ1v) is 27.2. The van der Waals surface area contributed by atoms with E-state index in [0.29, 0.717) is 40.9 Å². The van der Waals surface area contributed by atoms with Crippen molar-refractivity contribution in [3.05, 3.63) is 137 Å². The van der Waals surface area contributed by atoms with Crippen molar-refractivity contribution in [2.24, 2.45) is 0 Å². The maximum atomic E-state index is 12.8. The number of unbranched alkanes of at least 4 members (excludes halogenated alkanes) is 18. The van der Waals surface area contributed by atoms with Gasteiger partial charge in [0.25, 0.3) is 11.8 Å². The Morgan fingerprint density at radius 3 is 1.26 bits per heavy atom. The zero-order valence-corrected chi connectivity index (χ0v) is 44.8.